The van der Waals surface area contributed by atoms with Crippen molar-refractivity contribution < 1.29 is 14.2 Å². The van der Waals surface area contributed by atoms with Crippen LogP contribution in [-0.4, -0.2) is 12.1 Å². The first-order valence-electron chi connectivity index (χ1n) is 3.74. The number of hydrogen-bond acceptors (Lipinski definition) is 4. The van der Waals surface area contributed by atoms with Crippen molar-refractivity contribution in [2.45, 2.75) is 13.2 Å². The Morgan fingerprint density at radius 3 is 2.77 bits per heavy atom. The van der Waals surface area contributed by atoms with Crippen LogP contribution in [0, 0.1) is 0 Å². The molecular formula is C8H11FN2O2. The van der Waals surface area contributed by atoms with Gasteiger partial charge in [0.2, 0.25) is 0 Å². The second-order valence-corrected chi connectivity index (χ2v) is 2.53. The minimum Gasteiger partial charge on any atom is -0.383 e. The van der Waals surface area contributed by atoms with E-state index in [1.165, 1.54) is 0 Å². The van der Waals surface area contributed by atoms with Crippen LogP contribution >= 0.6 is 0 Å². The minimum atomic E-state index is -0.175. The lowest BCUT2D eigenvalue weighted by Gasteiger charge is -2.04. The molecule has 1 rings (SSSR count). The van der Waals surface area contributed by atoms with E-state index in [1.807, 2.05) is 0 Å². The summed E-state index contributed by atoms with van der Waals surface area (Å²) in [6.45, 7) is 0.215. The lowest BCUT2D eigenvalue weighted by molar-refractivity contribution is -0.143. The molecule has 0 amide bonds. The zero-order valence-corrected chi connectivity index (χ0v) is 7.29. The van der Waals surface area contributed by atoms with E-state index < -0.39 is 0 Å². The van der Waals surface area contributed by atoms with Crippen LogP contribution in [0.4, 0.5) is 10.3 Å². The molecule has 0 radical (unpaired) electrons. The van der Waals surface area contributed by atoms with Gasteiger partial charge in [-0.25, -0.2) is 4.98 Å². The fraction of sp³-hybridized carbons (Fsp3) is 0.375. The zero-order chi connectivity index (χ0) is 9.68. The molecule has 5 heteroatoms. The largest absolute Gasteiger partial charge is 0.383 e. The van der Waals surface area contributed by atoms with Gasteiger partial charge in [-0.05, 0) is 10.6 Å². The standard InChI is InChI=1S/C8H11FN2O2/c1-12-5-7-3-2-6(4-13-9)8(10)11-7/h2-3H,4-5H2,1H3,(H2,10,11). The number of pyridine rings is 1. The summed E-state index contributed by atoms with van der Waals surface area (Å²) in [5, 5.41) is 0. The van der Waals surface area contributed by atoms with Crippen molar-refractivity contribution in [3.63, 3.8) is 0 Å². The summed E-state index contributed by atoms with van der Waals surface area (Å²) in [6, 6.07) is 3.38. The Labute approximate surface area is 75.4 Å². The van der Waals surface area contributed by atoms with Gasteiger partial charge < -0.3 is 10.5 Å². The molecule has 2 N–H and O–H groups in total. The van der Waals surface area contributed by atoms with Crippen LogP contribution in [0.15, 0.2) is 12.1 Å². The summed E-state index contributed by atoms with van der Waals surface area (Å²) in [5.74, 6) is 0.271. The number of nitrogens with two attached hydrogens (primary N) is 1. The molecule has 0 aromatic carbocycles. The molecule has 13 heavy (non-hydrogen) atoms. The Morgan fingerprint density at radius 2 is 2.23 bits per heavy atom. The molecule has 0 saturated carbocycles. The number of nitrogen functional groups attached to an aromatic ring is 1. The van der Waals surface area contributed by atoms with E-state index in [0.29, 0.717) is 17.9 Å². The summed E-state index contributed by atoms with van der Waals surface area (Å²) in [4.78, 5) is 7.44. The summed E-state index contributed by atoms with van der Waals surface area (Å²) >= 11 is 0. The van der Waals surface area contributed by atoms with Crippen LogP contribution in [0.2, 0.25) is 0 Å². The lowest BCUT2D eigenvalue weighted by Crippen LogP contribution is -2.01. The Kier molecular flexibility index (Phi) is 3.60. The second-order valence-electron chi connectivity index (χ2n) is 2.53. The Bertz CT molecular complexity index is 281. The molecule has 72 valence electrons. The van der Waals surface area contributed by atoms with Gasteiger partial charge in [0.25, 0.3) is 0 Å². The Morgan fingerprint density at radius 1 is 1.46 bits per heavy atom. The molecule has 0 aliphatic carbocycles. The molecule has 0 spiro atoms. The number of aromatic nitrogens is 1. The predicted octanol–water partition coefficient (Wildman–Crippen LogP) is 1.21. The van der Waals surface area contributed by atoms with E-state index in [9.17, 15) is 4.53 Å². The summed E-state index contributed by atoms with van der Waals surface area (Å²) in [5.41, 5.74) is 6.77. The highest BCUT2D eigenvalue weighted by Gasteiger charge is 2.02. The Hall–Kier alpha value is -1.20. The van der Waals surface area contributed by atoms with Crippen molar-refractivity contribution in [1.82, 2.24) is 4.98 Å². The molecule has 0 bridgehead atoms. The van der Waals surface area contributed by atoms with Gasteiger partial charge in [-0.1, -0.05) is 6.07 Å². The van der Waals surface area contributed by atoms with E-state index in [4.69, 9.17) is 10.5 Å². The van der Waals surface area contributed by atoms with Crippen LogP contribution < -0.4 is 5.73 Å². The van der Waals surface area contributed by atoms with E-state index in [0.717, 1.165) is 0 Å². The smallest absolute Gasteiger partial charge is 0.129 e. The van der Waals surface area contributed by atoms with Crippen LogP contribution in [0.25, 0.3) is 0 Å². The fourth-order valence-corrected chi connectivity index (χ4v) is 0.955. The van der Waals surface area contributed by atoms with Gasteiger partial charge in [-0.2, -0.15) is 4.94 Å². The van der Waals surface area contributed by atoms with Crippen molar-refractivity contribution in [3.8, 4) is 0 Å². The maximum Gasteiger partial charge on any atom is 0.129 e. The van der Waals surface area contributed by atoms with Gasteiger partial charge in [-0.15, -0.1) is 0 Å². The van der Waals surface area contributed by atoms with Gasteiger partial charge in [0.15, 0.2) is 0 Å². The summed E-state index contributed by atoms with van der Waals surface area (Å²) in [6.07, 6.45) is 0. The number of nitrogens with zero attached hydrogens (tertiary/aromatic N) is 1. The highest BCUT2D eigenvalue weighted by atomic mass is 19.3. The van der Waals surface area contributed by atoms with E-state index in [-0.39, 0.29) is 12.4 Å². The first-order valence-corrected chi connectivity index (χ1v) is 3.74. The monoisotopic (exact) mass is 186 g/mol. The fourth-order valence-electron chi connectivity index (χ4n) is 0.955. The van der Waals surface area contributed by atoms with Crippen LogP contribution in [-0.2, 0) is 22.9 Å². The third-order valence-corrected chi connectivity index (χ3v) is 1.57. The SMILES string of the molecule is COCc1ccc(COF)c(N)n1. The third-order valence-electron chi connectivity index (χ3n) is 1.57. The van der Waals surface area contributed by atoms with Crippen molar-refractivity contribution >= 4 is 5.82 Å². The molecule has 1 aromatic heterocycles. The van der Waals surface area contributed by atoms with Gasteiger partial charge in [0, 0.05) is 12.7 Å². The number of rotatable bonds is 4. The minimum absolute atomic E-state index is 0.175. The summed E-state index contributed by atoms with van der Waals surface area (Å²) in [7, 11) is 1.57. The molecule has 0 atom stereocenters. The molecule has 0 saturated heterocycles. The molecule has 0 aliphatic rings. The number of anilines is 1. The maximum atomic E-state index is 11.5. The van der Waals surface area contributed by atoms with Crippen molar-refractivity contribution in [3.05, 3.63) is 23.4 Å². The summed E-state index contributed by atoms with van der Waals surface area (Å²) < 4.78 is 16.4. The molecule has 0 aliphatic heterocycles. The normalized spacial score (nSPS) is 10.3. The average Bonchev–Trinajstić information content (AvgIpc) is 2.10. The van der Waals surface area contributed by atoms with Crippen LogP contribution in [0.5, 0.6) is 0 Å². The van der Waals surface area contributed by atoms with Crippen LogP contribution in [0.3, 0.4) is 0 Å². The topological polar surface area (TPSA) is 57.4 Å². The van der Waals surface area contributed by atoms with Gasteiger partial charge in [-0.3, -0.25) is 0 Å². The molecule has 4 nitrogen and oxygen atoms in total. The number of hydrogen-bond donors (Lipinski definition) is 1. The van der Waals surface area contributed by atoms with E-state index in [2.05, 4.69) is 9.93 Å². The van der Waals surface area contributed by atoms with Crippen molar-refractivity contribution in [2.75, 3.05) is 12.8 Å². The Balaban J connectivity index is 2.79. The number of halogens is 1. The first-order chi connectivity index (χ1) is 6.27. The molecule has 0 unspecified atom stereocenters. The average molecular weight is 186 g/mol. The lowest BCUT2D eigenvalue weighted by atomic mass is 10.2. The highest BCUT2D eigenvalue weighted by Crippen LogP contribution is 2.11. The molecule has 1 heterocycles. The van der Waals surface area contributed by atoms with Gasteiger partial charge in [0.1, 0.15) is 12.4 Å². The molecule has 0 fully saturated rings. The van der Waals surface area contributed by atoms with E-state index in [1.54, 1.807) is 19.2 Å². The quantitative estimate of drug-likeness (QED) is 0.767. The van der Waals surface area contributed by atoms with Gasteiger partial charge >= 0.3 is 0 Å². The van der Waals surface area contributed by atoms with Gasteiger partial charge in [0.05, 0.1) is 12.3 Å². The molecular weight excluding hydrogens is 175 g/mol. The second kappa shape index (κ2) is 4.74. The highest BCUT2D eigenvalue weighted by molar-refractivity contribution is 5.39. The zero-order valence-electron chi connectivity index (χ0n) is 7.29. The maximum absolute atomic E-state index is 11.5. The van der Waals surface area contributed by atoms with E-state index >= 15 is 0 Å². The number of ether oxygens (including phenoxy) is 1. The van der Waals surface area contributed by atoms with Crippen LogP contribution in [0.1, 0.15) is 11.3 Å². The number of methoxy groups -OCH3 is 1. The van der Waals surface area contributed by atoms with Crippen molar-refractivity contribution in [1.29, 1.82) is 0 Å². The molecule has 1 aromatic rings. The van der Waals surface area contributed by atoms with Crippen molar-refractivity contribution in [2.24, 2.45) is 0 Å². The first kappa shape index (κ1) is 9.88. The predicted molar refractivity (Wildman–Crippen MR) is 45.3 cm³/mol. The third kappa shape index (κ3) is 2.64.